The number of hydrogen-bond acceptors (Lipinski definition) is 5. The smallest absolute Gasteiger partial charge is 0.265 e. The molecule has 0 heterocycles. The minimum atomic E-state index is -4.16. The van der Waals surface area contributed by atoms with Crippen molar-refractivity contribution in [2.75, 3.05) is 17.6 Å². The zero-order valence-electron chi connectivity index (χ0n) is 12.9. The van der Waals surface area contributed by atoms with Crippen LogP contribution < -0.4 is 4.31 Å². The quantitative estimate of drug-likeness (QED) is 0.905. The Balaban J connectivity index is 2.70. The van der Waals surface area contributed by atoms with Crippen LogP contribution in [0.5, 0.6) is 5.75 Å². The van der Waals surface area contributed by atoms with Crippen LogP contribution in [-0.4, -0.2) is 35.2 Å². The van der Waals surface area contributed by atoms with Crippen LogP contribution in [0.15, 0.2) is 52.3 Å². The van der Waals surface area contributed by atoms with E-state index >= 15 is 0 Å². The topological polar surface area (TPSA) is 91.8 Å². The van der Waals surface area contributed by atoms with Crippen LogP contribution in [-0.2, 0) is 19.9 Å². The van der Waals surface area contributed by atoms with Crippen molar-refractivity contribution in [1.29, 1.82) is 0 Å². The van der Waals surface area contributed by atoms with Crippen molar-refractivity contribution in [3.8, 4) is 5.75 Å². The zero-order valence-corrected chi connectivity index (χ0v) is 14.5. The minimum Gasteiger partial charge on any atom is -0.506 e. The van der Waals surface area contributed by atoms with Crippen molar-refractivity contribution >= 4 is 25.5 Å². The Bertz CT molecular complexity index is 929. The molecular weight excluding hydrogens is 338 g/mol. The number of para-hydroxylation sites is 1. The first-order chi connectivity index (χ1) is 10.6. The van der Waals surface area contributed by atoms with Crippen molar-refractivity contribution in [2.45, 2.75) is 16.7 Å². The van der Waals surface area contributed by atoms with E-state index in [1.54, 1.807) is 19.1 Å². The summed E-state index contributed by atoms with van der Waals surface area (Å²) in [6.45, 7) is 1.66. The summed E-state index contributed by atoms with van der Waals surface area (Å²) in [7, 11) is -6.60. The molecule has 6 nitrogen and oxygen atoms in total. The van der Waals surface area contributed by atoms with Gasteiger partial charge in [0.1, 0.15) is 10.6 Å². The first-order valence-electron chi connectivity index (χ1n) is 6.63. The largest absolute Gasteiger partial charge is 0.506 e. The van der Waals surface area contributed by atoms with Crippen LogP contribution in [0.4, 0.5) is 5.69 Å². The number of phenols is 1. The number of rotatable bonds is 4. The van der Waals surface area contributed by atoms with Gasteiger partial charge in [-0.05, 0) is 30.7 Å². The lowest BCUT2D eigenvalue weighted by Crippen LogP contribution is -2.28. The van der Waals surface area contributed by atoms with E-state index in [0.717, 1.165) is 10.6 Å². The van der Waals surface area contributed by atoms with Crippen LogP contribution in [0.3, 0.4) is 0 Å². The van der Waals surface area contributed by atoms with Gasteiger partial charge in [0.2, 0.25) is 0 Å². The number of sulfonamides is 1. The van der Waals surface area contributed by atoms with Gasteiger partial charge in [-0.2, -0.15) is 0 Å². The molecule has 0 fully saturated rings. The fourth-order valence-electron chi connectivity index (χ4n) is 2.29. The molecule has 1 N–H and O–H groups in total. The van der Waals surface area contributed by atoms with E-state index < -0.39 is 19.9 Å². The standard InChI is InChI=1S/C15H17NO5S2/c1-11-7-6-8-12(17)15(11)16(2)23(20,21)14-10-5-4-9-13(14)22(3,18)19/h4-10,17H,1-3H3. The van der Waals surface area contributed by atoms with Crippen molar-refractivity contribution in [3.05, 3.63) is 48.0 Å². The second-order valence-electron chi connectivity index (χ2n) is 5.13. The average molecular weight is 355 g/mol. The van der Waals surface area contributed by atoms with Crippen LogP contribution in [0.1, 0.15) is 5.56 Å². The molecule has 0 aliphatic heterocycles. The Labute approximate surface area is 136 Å². The lowest BCUT2D eigenvalue weighted by atomic mass is 10.2. The van der Waals surface area contributed by atoms with Gasteiger partial charge in [0.05, 0.1) is 10.6 Å². The Morgan fingerprint density at radius 3 is 2.00 bits per heavy atom. The van der Waals surface area contributed by atoms with E-state index in [9.17, 15) is 21.9 Å². The molecule has 0 unspecified atom stereocenters. The monoisotopic (exact) mass is 355 g/mol. The molecule has 0 aliphatic rings. The molecule has 2 aromatic rings. The highest BCUT2D eigenvalue weighted by Gasteiger charge is 2.29. The maximum absolute atomic E-state index is 12.9. The molecule has 0 aliphatic carbocycles. The Kier molecular flexibility index (Phi) is 4.41. The number of benzene rings is 2. The van der Waals surface area contributed by atoms with Crippen molar-refractivity contribution in [2.24, 2.45) is 0 Å². The summed E-state index contributed by atoms with van der Waals surface area (Å²) < 4.78 is 50.3. The van der Waals surface area contributed by atoms with E-state index in [4.69, 9.17) is 0 Å². The lowest BCUT2D eigenvalue weighted by Gasteiger charge is -2.23. The Morgan fingerprint density at radius 1 is 0.913 bits per heavy atom. The summed E-state index contributed by atoms with van der Waals surface area (Å²) in [6.07, 6.45) is 0.951. The third-order valence-corrected chi connectivity index (χ3v) is 6.52. The molecule has 0 atom stereocenters. The molecule has 2 aromatic carbocycles. The predicted octanol–water partition coefficient (Wildman–Crippen LogP) is 1.93. The Hall–Kier alpha value is -2.06. The van der Waals surface area contributed by atoms with Gasteiger partial charge in [0.25, 0.3) is 10.0 Å². The molecule has 23 heavy (non-hydrogen) atoms. The maximum atomic E-state index is 12.9. The summed E-state index contributed by atoms with van der Waals surface area (Å²) in [6, 6.07) is 10.0. The third kappa shape index (κ3) is 3.18. The summed E-state index contributed by atoms with van der Waals surface area (Å²) in [5.74, 6) is -0.201. The van der Waals surface area contributed by atoms with E-state index in [1.165, 1.54) is 37.4 Å². The number of hydrogen-bond donors (Lipinski definition) is 1. The van der Waals surface area contributed by atoms with Gasteiger partial charge in [-0.25, -0.2) is 16.8 Å². The van der Waals surface area contributed by atoms with E-state index in [-0.39, 0.29) is 21.2 Å². The number of anilines is 1. The first kappa shape index (κ1) is 17.3. The minimum absolute atomic E-state index is 0.107. The van der Waals surface area contributed by atoms with Gasteiger partial charge >= 0.3 is 0 Å². The highest BCUT2D eigenvalue weighted by molar-refractivity contribution is 7.95. The molecular formula is C15H17NO5S2. The van der Waals surface area contributed by atoms with Gasteiger partial charge < -0.3 is 5.11 Å². The van der Waals surface area contributed by atoms with Crippen LogP contribution in [0.25, 0.3) is 0 Å². The number of nitrogens with zero attached hydrogens (tertiary/aromatic N) is 1. The molecule has 8 heteroatoms. The van der Waals surface area contributed by atoms with Crippen LogP contribution >= 0.6 is 0 Å². The predicted molar refractivity (Wildman–Crippen MR) is 88.0 cm³/mol. The van der Waals surface area contributed by atoms with Gasteiger partial charge in [0, 0.05) is 13.3 Å². The van der Waals surface area contributed by atoms with Gasteiger partial charge in [-0.1, -0.05) is 24.3 Å². The fraction of sp³-hybridized carbons (Fsp3) is 0.200. The van der Waals surface area contributed by atoms with E-state index in [1.807, 2.05) is 0 Å². The van der Waals surface area contributed by atoms with Crippen molar-refractivity contribution < 1.29 is 21.9 Å². The fourth-order valence-corrected chi connectivity index (χ4v) is 5.17. The Morgan fingerprint density at radius 2 is 1.48 bits per heavy atom. The molecule has 0 saturated carbocycles. The maximum Gasteiger partial charge on any atom is 0.265 e. The second kappa shape index (κ2) is 5.86. The lowest BCUT2D eigenvalue weighted by molar-refractivity contribution is 0.475. The molecule has 0 amide bonds. The zero-order chi connectivity index (χ0) is 17.4. The summed E-state index contributed by atoms with van der Waals surface area (Å²) in [4.78, 5) is -0.604. The van der Waals surface area contributed by atoms with Crippen LogP contribution in [0, 0.1) is 6.92 Å². The van der Waals surface area contributed by atoms with Crippen molar-refractivity contribution in [3.63, 3.8) is 0 Å². The summed E-state index contributed by atoms with van der Waals surface area (Å²) >= 11 is 0. The van der Waals surface area contributed by atoms with Gasteiger partial charge in [-0.15, -0.1) is 0 Å². The molecule has 0 spiro atoms. The molecule has 0 bridgehead atoms. The van der Waals surface area contributed by atoms with Crippen LogP contribution in [0.2, 0.25) is 0 Å². The SMILES string of the molecule is Cc1cccc(O)c1N(C)S(=O)(=O)c1ccccc1S(C)(=O)=O. The highest BCUT2D eigenvalue weighted by Crippen LogP contribution is 2.34. The van der Waals surface area contributed by atoms with Gasteiger partial charge in [0.15, 0.2) is 9.84 Å². The number of aromatic hydroxyl groups is 1. The first-order valence-corrected chi connectivity index (χ1v) is 9.96. The normalized spacial score (nSPS) is 12.1. The van der Waals surface area contributed by atoms with Gasteiger partial charge in [-0.3, -0.25) is 4.31 Å². The van der Waals surface area contributed by atoms with E-state index in [0.29, 0.717) is 5.56 Å². The molecule has 0 radical (unpaired) electrons. The second-order valence-corrected chi connectivity index (χ2v) is 9.06. The average Bonchev–Trinajstić information content (AvgIpc) is 2.46. The number of phenolic OH excluding ortho intramolecular Hbond substituents is 1. The third-order valence-electron chi connectivity index (χ3n) is 3.42. The van der Waals surface area contributed by atoms with E-state index in [2.05, 4.69) is 0 Å². The number of aryl methyl sites for hydroxylation is 1. The molecule has 2 rings (SSSR count). The number of sulfone groups is 1. The molecule has 0 saturated heterocycles. The van der Waals surface area contributed by atoms with Crippen molar-refractivity contribution in [1.82, 2.24) is 0 Å². The highest BCUT2D eigenvalue weighted by atomic mass is 32.2. The molecule has 124 valence electrons. The summed E-state index contributed by atoms with van der Waals surface area (Å²) in [5, 5.41) is 9.98. The molecule has 0 aromatic heterocycles. The summed E-state index contributed by atoms with van der Waals surface area (Å²) in [5.41, 5.74) is 0.656.